The van der Waals surface area contributed by atoms with Crippen molar-refractivity contribution in [1.29, 1.82) is 0 Å². The molecule has 0 atom stereocenters. The van der Waals surface area contributed by atoms with E-state index in [1.54, 1.807) is 18.2 Å². The van der Waals surface area contributed by atoms with Gasteiger partial charge in [0.2, 0.25) is 5.91 Å². The molecule has 2 N–H and O–H groups in total. The van der Waals surface area contributed by atoms with Crippen LogP contribution in [0.1, 0.15) is 16.7 Å². The lowest BCUT2D eigenvalue weighted by Crippen LogP contribution is -2.25. The molecule has 0 aliphatic carbocycles. The van der Waals surface area contributed by atoms with Crippen LogP contribution in [0.4, 0.5) is 0 Å². The third kappa shape index (κ3) is 4.21. The first kappa shape index (κ1) is 15.8. The number of rotatable bonds is 5. The van der Waals surface area contributed by atoms with Gasteiger partial charge >= 0.3 is 0 Å². The minimum absolute atomic E-state index is 0.0532. The second kappa shape index (κ2) is 7.46. The van der Waals surface area contributed by atoms with E-state index in [1.165, 1.54) is 0 Å². The van der Waals surface area contributed by atoms with Crippen molar-refractivity contribution in [1.82, 2.24) is 5.32 Å². The maximum absolute atomic E-state index is 12.0. The van der Waals surface area contributed by atoms with Crippen LogP contribution in [0.15, 0.2) is 42.5 Å². The van der Waals surface area contributed by atoms with E-state index < -0.39 is 0 Å². The smallest absolute Gasteiger partial charge is 0.224 e. The fraction of sp³-hybridized carbons (Fsp3) is 0.188. The number of nitrogens with one attached hydrogen (secondary N) is 1. The lowest BCUT2D eigenvalue weighted by molar-refractivity contribution is -0.120. The number of aliphatic hydroxyl groups excluding tert-OH is 1. The number of hydrogen-bond donors (Lipinski definition) is 2. The van der Waals surface area contributed by atoms with Crippen molar-refractivity contribution < 1.29 is 9.90 Å². The zero-order chi connectivity index (χ0) is 15.2. The van der Waals surface area contributed by atoms with Gasteiger partial charge in [-0.1, -0.05) is 53.5 Å². The van der Waals surface area contributed by atoms with Gasteiger partial charge in [0.05, 0.1) is 13.0 Å². The van der Waals surface area contributed by atoms with E-state index in [1.807, 2.05) is 24.3 Å². The highest BCUT2D eigenvalue weighted by Gasteiger charge is 2.11. The number of carbonyl (C=O) groups is 1. The highest BCUT2D eigenvalue weighted by Crippen LogP contribution is 2.24. The monoisotopic (exact) mass is 323 g/mol. The first-order valence-corrected chi connectivity index (χ1v) is 7.24. The summed E-state index contributed by atoms with van der Waals surface area (Å²) < 4.78 is 0. The number of benzene rings is 2. The van der Waals surface area contributed by atoms with Gasteiger partial charge in [-0.15, -0.1) is 0 Å². The molecule has 0 saturated heterocycles. The van der Waals surface area contributed by atoms with Gasteiger partial charge in [-0.3, -0.25) is 4.79 Å². The fourth-order valence-electron chi connectivity index (χ4n) is 2.00. The number of hydrogen-bond acceptors (Lipinski definition) is 2. The zero-order valence-corrected chi connectivity index (χ0v) is 12.8. The molecule has 0 aromatic heterocycles. The molecule has 0 bridgehead atoms. The molecule has 0 radical (unpaired) electrons. The van der Waals surface area contributed by atoms with Crippen molar-refractivity contribution >= 4 is 29.1 Å². The highest BCUT2D eigenvalue weighted by molar-refractivity contribution is 6.36. The molecule has 0 saturated carbocycles. The topological polar surface area (TPSA) is 49.3 Å². The first-order valence-electron chi connectivity index (χ1n) is 6.49. The van der Waals surface area contributed by atoms with Gasteiger partial charge < -0.3 is 10.4 Å². The Balaban J connectivity index is 1.99. The minimum atomic E-state index is -0.169. The highest BCUT2D eigenvalue weighted by atomic mass is 35.5. The number of carbonyl (C=O) groups excluding carboxylic acids is 1. The lowest BCUT2D eigenvalue weighted by Gasteiger charge is -2.10. The van der Waals surface area contributed by atoms with Crippen LogP contribution in [0.25, 0.3) is 0 Å². The normalized spacial score (nSPS) is 10.4. The van der Waals surface area contributed by atoms with Crippen LogP contribution in [0.2, 0.25) is 10.0 Å². The van der Waals surface area contributed by atoms with E-state index >= 15 is 0 Å². The van der Waals surface area contributed by atoms with Gasteiger partial charge in [0.1, 0.15) is 0 Å². The summed E-state index contributed by atoms with van der Waals surface area (Å²) in [7, 11) is 0. The summed E-state index contributed by atoms with van der Waals surface area (Å²) >= 11 is 12.1. The molecule has 2 aromatic carbocycles. The molecule has 0 spiro atoms. The molecular formula is C16H15Cl2NO2. The molecular weight excluding hydrogens is 309 g/mol. The van der Waals surface area contributed by atoms with E-state index in [2.05, 4.69) is 5.32 Å². The summed E-state index contributed by atoms with van der Waals surface area (Å²) in [4.78, 5) is 12.0. The van der Waals surface area contributed by atoms with E-state index in [4.69, 9.17) is 23.2 Å². The molecule has 5 heteroatoms. The Kier molecular flexibility index (Phi) is 5.62. The van der Waals surface area contributed by atoms with Gasteiger partial charge in [-0.2, -0.15) is 0 Å². The molecule has 2 rings (SSSR count). The van der Waals surface area contributed by atoms with Crippen molar-refractivity contribution in [2.45, 2.75) is 19.6 Å². The average molecular weight is 324 g/mol. The summed E-state index contributed by atoms with van der Waals surface area (Å²) in [6, 6.07) is 12.6. The summed E-state index contributed by atoms with van der Waals surface area (Å²) in [5.74, 6) is -0.169. The summed E-state index contributed by atoms with van der Waals surface area (Å²) in [5.41, 5.74) is 2.31. The Morgan fingerprint density at radius 2 is 1.62 bits per heavy atom. The van der Waals surface area contributed by atoms with Crippen LogP contribution in [0, 0.1) is 0 Å². The van der Waals surface area contributed by atoms with Gasteiger partial charge in [-0.25, -0.2) is 0 Å². The predicted molar refractivity (Wildman–Crippen MR) is 84.4 cm³/mol. The molecule has 1 amide bonds. The number of halogens is 2. The molecule has 0 aliphatic rings. The molecule has 0 unspecified atom stereocenters. The Hall–Kier alpha value is -1.55. The van der Waals surface area contributed by atoms with E-state index in [-0.39, 0.29) is 18.9 Å². The first-order chi connectivity index (χ1) is 10.1. The average Bonchev–Trinajstić information content (AvgIpc) is 2.49. The fourth-order valence-corrected chi connectivity index (χ4v) is 2.53. The van der Waals surface area contributed by atoms with E-state index in [9.17, 15) is 9.90 Å². The van der Waals surface area contributed by atoms with Gasteiger partial charge in [-0.05, 0) is 28.8 Å². The maximum atomic E-state index is 12.0. The summed E-state index contributed by atoms with van der Waals surface area (Å²) in [5, 5.41) is 13.0. The van der Waals surface area contributed by atoms with Crippen LogP contribution < -0.4 is 5.32 Å². The van der Waals surface area contributed by atoms with Crippen molar-refractivity contribution in [2.75, 3.05) is 0 Å². The molecule has 0 fully saturated rings. The molecule has 3 nitrogen and oxygen atoms in total. The van der Waals surface area contributed by atoms with Gasteiger partial charge in [0.25, 0.3) is 0 Å². The summed E-state index contributed by atoms with van der Waals surface area (Å²) in [6.45, 7) is 0.306. The Morgan fingerprint density at radius 1 is 1.00 bits per heavy atom. The van der Waals surface area contributed by atoms with Crippen molar-refractivity contribution in [2.24, 2.45) is 0 Å². The third-order valence-corrected chi connectivity index (χ3v) is 3.87. The van der Waals surface area contributed by atoms with Crippen LogP contribution in [-0.4, -0.2) is 11.0 Å². The molecule has 21 heavy (non-hydrogen) atoms. The Labute approximate surface area is 133 Å². The predicted octanol–water partition coefficient (Wildman–Crippen LogP) is 3.34. The standard InChI is InChI=1S/C16H15Cl2NO2/c17-14-6-3-7-15(18)13(14)8-16(21)19-9-11-4-1-2-5-12(11)10-20/h1-7,20H,8-10H2,(H,19,21). The summed E-state index contributed by atoms with van der Waals surface area (Å²) in [6.07, 6.45) is 0.125. The lowest BCUT2D eigenvalue weighted by atomic mass is 10.1. The minimum Gasteiger partial charge on any atom is -0.392 e. The van der Waals surface area contributed by atoms with Crippen LogP contribution in [0.5, 0.6) is 0 Å². The molecule has 2 aromatic rings. The Morgan fingerprint density at radius 3 is 2.24 bits per heavy atom. The SMILES string of the molecule is O=C(Cc1c(Cl)cccc1Cl)NCc1ccccc1CO. The van der Waals surface area contributed by atoms with Crippen LogP contribution in [-0.2, 0) is 24.4 Å². The maximum Gasteiger partial charge on any atom is 0.224 e. The number of amides is 1. The van der Waals surface area contributed by atoms with Gasteiger partial charge in [0, 0.05) is 16.6 Å². The molecule has 0 heterocycles. The molecule has 110 valence electrons. The number of aliphatic hydroxyl groups is 1. The van der Waals surface area contributed by atoms with Crippen LogP contribution in [0.3, 0.4) is 0 Å². The second-order valence-corrected chi connectivity index (χ2v) is 5.39. The van der Waals surface area contributed by atoms with Crippen molar-refractivity contribution in [3.63, 3.8) is 0 Å². The van der Waals surface area contributed by atoms with Gasteiger partial charge in [0.15, 0.2) is 0 Å². The Bertz CT molecular complexity index is 624. The third-order valence-electron chi connectivity index (χ3n) is 3.16. The van der Waals surface area contributed by atoms with Crippen molar-refractivity contribution in [3.05, 3.63) is 69.2 Å². The van der Waals surface area contributed by atoms with Crippen LogP contribution >= 0.6 is 23.2 Å². The van der Waals surface area contributed by atoms with Crippen molar-refractivity contribution in [3.8, 4) is 0 Å². The zero-order valence-electron chi connectivity index (χ0n) is 11.3. The van der Waals surface area contributed by atoms with E-state index in [0.29, 0.717) is 22.2 Å². The van der Waals surface area contributed by atoms with E-state index in [0.717, 1.165) is 11.1 Å². The largest absolute Gasteiger partial charge is 0.392 e. The quantitative estimate of drug-likeness (QED) is 0.886. The molecule has 0 aliphatic heterocycles. The second-order valence-electron chi connectivity index (χ2n) is 4.58.